The lowest BCUT2D eigenvalue weighted by Crippen LogP contribution is -2.46. The van der Waals surface area contributed by atoms with Crippen molar-refractivity contribution < 1.29 is 13.9 Å². The fourth-order valence-corrected chi connectivity index (χ4v) is 4.37. The Morgan fingerprint density at radius 1 is 1.17 bits per heavy atom. The predicted molar refractivity (Wildman–Crippen MR) is 130 cm³/mol. The third-order valence-corrected chi connectivity index (χ3v) is 6.00. The molecule has 0 radical (unpaired) electrons. The van der Waals surface area contributed by atoms with Gasteiger partial charge in [0.25, 0.3) is 5.91 Å². The molecular formula is C26H22FN5O3. The number of amides is 1. The summed E-state index contributed by atoms with van der Waals surface area (Å²) in [5, 5.41) is 2.82. The first kappa shape index (κ1) is 22.2. The Balaban J connectivity index is 1.51. The van der Waals surface area contributed by atoms with Gasteiger partial charge in [0.1, 0.15) is 22.8 Å². The number of ether oxygens (including phenoxy) is 1. The van der Waals surface area contributed by atoms with E-state index in [1.165, 1.54) is 22.9 Å². The van der Waals surface area contributed by atoms with Gasteiger partial charge in [0.15, 0.2) is 5.82 Å². The molecule has 5 rings (SSSR count). The van der Waals surface area contributed by atoms with Crippen LogP contribution in [0.15, 0.2) is 65.6 Å². The van der Waals surface area contributed by atoms with Gasteiger partial charge >= 0.3 is 5.69 Å². The highest BCUT2D eigenvalue weighted by Crippen LogP contribution is 2.35. The second kappa shape index (κ2) is 8.99. The highest BCUT2D eigenvalue weighted by atomic mass is 19.1. The number of anilines is 1. The van der Waals surface area contributed by atoms with Gasteiger partial charge in [-0.1, -0.05) is 24.1 Å². The van der Waals surface area contributed by atoms with Crippen LogP contribution in [0.1, 0.15) is 25.8 Å². The summed E-state index contributed by atoms with van der Waals surface area (Å²) in [6.07, 6.45) is 2.61. The standard InChI is InChI=1S/C26H22FN5O3/c1-2-6-23(33)30-16-13-17(14-16)31-22-11-12-29-25(28)24(22)32(26(31)34)21-10-9-19(15-20(21)27)35-18-7-4-3-5-8-18/h3-5,7-12,15-17H,13-14H2,1H3,(H2,28,29)(H,30,33). The van der Waals surface area contributed by atoms with Crippen molar-refractivity contribution in [3.05, 3.63) is 77.1 Å². The minimum absolute atomic E-state index is 0.0428. The van der Waals surface area contributed by atoms with Gasteiger partial charge in [-0.25, -0.2) is 14.2 Å². The van der Waals surface area contributed by atoms with Gasteiger partial charge in [0, 0.05) is 24.3 Å². The zero-order valence-corrected chi connectivity index (χ0v) is 18.9. The number of nitrogens with zero attached hydrogens (tertiary/aromatic N) is 3. The van der Waals surface area contributed by atoms with Crippen molar-refractivity contribution in [2.75, 3.05) is 5.73 Å². The number of hydrogen-bond acceptors (Lipinski definition) is 5. The van der Waals surface area contributed by atoms with Crippen LogP contribution in [0.25, 0.3) is 16.7 Å². The Labute approximate surface area is 200 Å². The van der Waals surface area contributed by atoms with E-state index in [0.29, 0.717) is 35.4 Å². The molecule has 1 aliphatic rings. The fourth-order valence-electron chi connectivity index (χ4n) is 4.37. The molecule has 0 bridgehead atoms. The van der Waals surface area contributed by atoms with E-state index >= 15 is 4.39 Å². The van der Waals surface area contributed by atoms with Crippen molar-refractivity contribution in [3.63, 3.8) is 0 Å². The number of nitrogens with two attached hydrogens (primary N) is 1. The molecule has 1 aliphatic carbocycles. The van der Waals surface area contributed by atoms with Crippen LogP contribution in [0.4, 0.5) is 10.2 Å². The number of carbonyl (C=O) groups is 1. The van der Waals surface area contributed by atoms with Crippen molar-refractivity contribution in [2.24, 2.45) is 0 Å². The maximum absolute atomic E-state index is 15.3. The summed E-state index contributed by atoms with van der Waals surface area (Å²) < 4.78 is 23.8. The van der Waals surface area contributed by atoms with Crippen LogP contribution in [0, 0.1) is 17.7 Å². The molecule has 0 unspecified atom stereocenters. The molecule has 0 saturated heterocycles. The van der Waals surface area contributed by atoms with Crippen LogP contribution >= 0.6 is 0 Å². The molecule has 9 heteroatoms. The van der Waals surface area contributed by atoms with E-state index in [9.17, 15) is 9.59 Å². The number of carbonyl (C=O) groups excluding carboxylic acids is 1. The number of nitrogens with one attached hydrogen (secondary N) is 1. The Kier molecular flexibility index (Phi) is 5.71. The molecule has 2 heterocycles. The molecule has 3 N–H and O–H groups in total. The fraction of sp³-hybridized carbons (Fsp3) is 0.192. The first-order valence-corrected chi connectivity index (χ1v) is 11.1. The summed E-state index contributed by atoms with van der Waals surface area (Å²) in [6, 6.07) is 14.7. The first-order valence-electron chi connectivity index (χ1n) is 11.1. The number of pyridine rings is 1. The summed E-state index contributed by atoms with van der Waals surface area (Å²) >= 11 is 0. The first-order chi connectivity index (χ1) is 17.0. The number of rotatable bonds is 5. The maximum atomic E-state index is 15.3. The molecule has 35 heavy (non-hydrogen) atoms. The Morgan fingerprint density at radius 2 is 1.94 bits per heavy atom. The van der Waals surface area contributed by atoms with E-state index in [2.05, 4.69) is 22.1 Å². The van der Waals surface area contributed by atoms with Crippen molar-refractivity contribution in [1.82, 2.24) is 19.4 Å². The number of hydrogen-bond donors (Lipinski definition) is 2. The van der Waals surface area contributed by atoms with Crippen LogP contribution < -0.4 is 21.5 Å². The zero-order chi connectivity index (χ0) is 24.5. The van der Waals surface area contributed by atoms with Gasteiger partial charge < -0.3 is 15.8 Å². The van der Waals surface area contributed by atoms with Crippen LogP contribution in [-0.4, -0.2) is 26.1 Å². The number of para-hydroxylation sites is 1. The van der Waals surface area contributed by atoms with Crippen molar-refractivity contribution in [1.29, 1.82) is 0 Å². The lowest BCUT2D eigenvalue weighted by molar-refractivity contribution is -0.117. The number of benzene rings is 2. The Bertz CT molecular complexity index is 1540. The molecular weight excluding hydrogens is 449 g/mol. The third kappa shape index (κ3) is 4.10. The average molecular weight is 471 g/mol. The van der Waals surface area contributed by atoms with Crippen LogP contribution in [0.2, 0.25) is 0 Å². The summed E-state index contributed by atoms with van der Waals surface area (Å²) in [5.74, 6) is 5.01. The average Bonchev–Trinajstić information content (AvgIpc) is 3.10. The third-order valence-electron chi connectivity index (χ3n) is 6.00. The number of halogens is 1. The second-order valence-corrected chi connectivity index (χ2v) is 8.25. The van der Waals surface area contributed by atoms with Crippen molar-refractivity contribution >= 4 is 22.8 Å². The molecule has 4 aromatic rings. The number of imidazole rings is 1. The lowest BCUT2D eigenvalue weighted by Gasteiger charge is -2.36. The highest BCUT2D eigenvalue weighted by Gasteiger charge is 2.35. The van der Waals surface area contributed by atoms with Crippen LogP contribution in [0.5, 0.6) is 11.5 Å². The summed E-state index contributed by atoms with van der Waals surface area (Å²) in [5.41, 5.74) is 6.63. The maximum Gasteiger partial charge on any atom is 0.334 e. The SMILES string of the molecule is CC#CC(=O)NC1CC(n2c(=O)n(-c3ccc(Oc4ccccc4)cc3F)c3c(N)nccc32)C1. The molecule has 0 aliphatic heterocycles. The quantitative estimate of drug-likeness (QED) is 0.433. The molecule has 176 valence electrons. The summed E-state index contributed by atoms with van der Waals surface area (Å²) in [6.45, 7) is 1.59. The zero-order valence-electron chi connectivity index (χ0n) is 18.9. The number of fused-ring (bicyclic) bond motifs is 1. The van der Waals surface area contributed by atoms with E-state index in [1.807, 2.05) is 18.2 Å². The predicted octanol–water partition coefficient (Wildman–Crippen LogP) is 3.54. The molecule has 1 saturated carbocycles. The normalized spacial score (nSPS) is 16.7. The van der Waals surface area contributed by atoms with Gasteiger partial charge in [-0.3, -0.25) is 13.9 Å². The van der Waals surface area contributed by atoms with Gasteiger partial charge in [-0.05, 0) is 56.0 Å². The number of nitrogen functional groups attached to an aromatic ring is 1. The topological polar surface area (TPSA) is 104 Å². The molecule has 8 nitrogen and oxygen atoms in total. The van der Waals surface area contributed by atoms with Gasteiger partial charge in [-0.15, -0.1) is 0 Å². The van der Waals surface area contributed by atoms with Gasteiger partial charge in [0.05, 0.1) is 11.2 Å². The molecule has 1 amide bonds. The largest absolute Gasteiger partial charge is 0.457 e. The molecule has 2 aromatic heterocycles. The van der Waals surface area contributed by atoms with E-state index in [-0.39, 0.29) is 29.5 Å². The Hall–Kier alpha value is -4.58. The number of aromatic nitrogens is 3. The summed E-state index contributed by atoms with van der Waals surface area (Å²) in [4.78, 5) is 29.4. The minimum Gasteiger partial charge on any atom is -0.457 e. The van der Waals surface area contributed by atoms with E-state index < -0.39 is 11.5 Å². The smallest absolute Gasteiger partial charge is 0.334 e. The van der Waals surface area contributed by atoms with E-state index in [0.717, 1.165) is 0 Å². The minimum atomic E-state index is -0.639. The lowest BCUT2D eigenvalue weighted by atomic mass is 9.86. The molecule has 1 fully saturated rings. The molecule has 0 spiro atoms. The van der Waals surface area contributed by atoms with Crippen LogP contribution in [0.3, 0.4) is 0 Å². The second-order valence-electron chi connectivity index (χ2n) is 8.25. The van der Waals surface area contributed by atoms with Crippen LogP contribution in [-0.2, 0) is 4.79 Å². The monoisotopic (exact) mass is 471 g/mol. The van der Waals surface area contributed by atoms with Crippen molar-refractivity contribution in [2.45, 2.75) is 31.8 Å². The molecule has 2 aromatic carbocycles. The van der Waals surface area contributed by atoms with Crippen molar-refractivity contribution in [3.8, 4) is 29.0 Å². The summed E-state index contributed by atoms with van der Waals surface area (Å²) in [7, 11) is 0. The van der Waals surface area contributed by atoms with E-state index in [1.54, 1.807) is 35.8 Å². The molecule has 0 atom stereocenters. The highest BCUT2D eigenvalue weighted by molar-refractivity contribution is 5.93. The van der Waals surface area contributed by atoms with Gasteiger partial charge in [0.2, 0.25) is 0 Å². The van der Waals surface area contributed by atoms with E-state index in [4.69, 9.17) is 10.5 Å². The Morgan fingerprint density at radius 3 is 2.66 bits per heavy atom. The van der Waals surface area contributed by atoms with Gasteiger partial charge in [-0.2, -0.15) is 0 Å².